The molecule has 0 aromatic carbocycles. The predicted molar refractivity (Wildman–Crippen MR) is 148 cm³/mol. The molecule has 0 saturated heterocycles. The van der Waals surface area contributed by atoms with Crippen molar-refractivity contribution >= 4 is 17.5 Å². The van der Waals surface area contributed by atoms with E-state index in [1.807, 2.05) is 32.9 Å². The number of carbonyl (C=O) groups excluding carboxylic acids is 3. The molecule has 2 unspecified atom stereocenters. The van der Waals surface area contributed by atoms with Crippen molar-refractivity contribution in [2.45, 2.75) is 100 Å². The first-order valence-electron chi connectivity index (χ1n) is 14.8. The molecule has 5 nitrogen and oxygen atoms in total. The number of hydrogen-bond acceptors (Lipinski definition) is 4. The second-order valence-corrected chi connectivity index (χ2v) is 15.3. The Labute approximate surface area is 228 Å². The van der Waals surface area contributed by atoms with Crippen molar-refractivity contribution < 1.29 is 14.4 Å². The number of amides is 1. The molecule has 7 atom stereocenters. The van der Waals surface area contributed by atoms with Gasteiger partial charge in [0, 0.05) is 23.3 Å². The van der Waals surface area contributed by atoms with Crippen molar-refractivity contribution in [2.24, 2.45) is 50.2 Å². The van der Waals surface area contributed by atoms with Gasteiger partial charge in [0.1, 0.15) is 6.07 Å². The van der Waals surface area contributed by atoms with E-state index in [-0.39, 0.29) is 57.0 Å². The van der Waals surface area contributed by atoms with Gasteiger partial charge in [-0.2, -0.15) is 5.26 Å². The number of rotatable bonds is 2. The molecule has 0 aliphatic heterocycles. The Morgan fingerprint density at radius 1 is 1.03 bits per heavy atom. The van der Waals surface area contributed by atoms with Crippen molar-refractivity contribution in [3.63, 3.8) is 0 Å². The second-order valence-electron chi connectivity index (χ2n) is 15.3. The van der Waals surface area contributed by atoms with Crippen molar-refractivity contribution in [3.05, 3.63) is 23.3 Å². The Hall–Kier alpha value is -2.22. The number of fused-ring (bicyclic) bond motifs is 7. The molecule has 0 aromatic rings. The van der Waals surface area contributed by atoms with E-state index in [0.717, 1.165) is 50.5 Å². The molecule has 5 aliphatic rings. The summed E-state index contributed by atoms with van der Waals surface area (Å²) in [7, 11) is 0. The normalized spacial score (nSPS) is 44.8. The highest BCUT2D eigenvalue weighted by Crippen LogP contribution is 2.74. The summed E-state index contributed by atoms with van der Waals surface area (Å²) in [6.07, 6.45) is 9.99. The fraction of sp³-hybridized carbons (Fsp3) is 0.758. The van der Waals surface area contributed by atoms with Crippen LogP contribution in [0.3, 0.4) is 0 Å². The quantitative estimate of drug-likeness (QED) is 0.462. The lowest BCUT2D eigenvalue weighted by molar-refractivity contribution is -0.178. The van der Waals surface area contributed by atoms with Gasteiger partial charge in [-0.1, -0.05) is 60.1 Å². The van der Waals surface area contributed by atoms with E-state index in [9.17, 15) is 19.6 Å². The van der Waals surface area contributed by atoms with E-state index in [2.05, 4.69) is 46.0 Å². The lowest BCUT2D eigenvalue weighted by atomic mass is 9.34. The van der Waals surface area contributed by atoms with Crippen molar-refractivity contribution in [2.75, 3.05) is 6.54 Å². The molecular weight excluding hydrogens is 472 g/mol. The van der Waals surface area contributed by atoms with Gasteiger partial charge in [0.25, 0.3) is 0 Å². The first kappa shape index (κ1) is 27.4. The van der Waals surface area contributed by atoms with Crippen LogP contribution in [0.4, 0.5) is 0 Å². The molecule has 0 bridgehead atoms. The Kier molecular flexibility index (Phi) is 5.87. The SMILES string of the molecule is CCNC(=O)[C@]12CCC(C)(C)CC1[C@H]1C(=O)C=C3[C@@]4(C)C=C(C#N)C(=O)C(C)(C)C4CC[C@@]3(C)[C@]1(C)CC2. The molecule has 0 spiro atoms. The Bertz CT molecular complexity index is 1220. The highest BCUT2D eigenvalue weighted by atomic mass is 16.2. The van der Waals surface area contributed by atoms with Crippen molar-refractivity contribution in [1.29, 1.82) is 5.26 Å². The third-order valence-electron chi connectivity index (χ3n) is 12.6. The average Bonchev–Trinajstić information content (AvgIpc) is 2.82. The van der Waals surface area contributed by atoms with Gasteiger partial charge in [-0.3, -0.25) is 14.4 Å². The summed E-state index contributed by atoms with van der Waals surface area (Å²) < 4.78 is 0. The molecule has 206 valence electrons. The van der Waals surface area contributed by atoms with Gasteiger partial charge in [0.2, 0.25) is 5.91 Å². The molecule has 1 N–H and O–H groups in total. The van der Waals surface area contributed by atoms with E-state index in [1.54, 1.807) is 0 Å². The smallest absolute Gasteiger partial charge is 0.226 e. The summed E-state index contributed by atoms with van der Waals surface area (Å²) in [6, 6.07) is 2.18. The van der Waals surface area contributed by atoms with E-state index in [4.69, 9.17) is 0 Å². The number of ketones is 2. The molecule has 0 aromatic heterocycles. The van der Waals surface area contributed by atoms with Crippen molar-refractivity contribution in [3.8, 4) is 6.07 Å². The number of carbonyl (C=O) groups is 3. The number of nitrogens with one attached hydrogen (secondary N) is 1. The minimum atomic E-state index is -0.662. The minimum Gasteiger partial charge on any atom is -0.356 e. The average molecular weight is 519 g/mol. The van der Waals surface area contributed by atoms with Crippen LogP contribution >= 0.6 is 0 Å². The number of hydrogen-bond donors (Lipinski definition) is 1. The maximum atomic E-state index is 14.5. The molecule has 5 heteroatoms. The van der Waals surface area contributed by atoms with Crippen LogP contribution in [0.5, 0.6) is 0 Å². The maximum absolute atomic E-state index is 14.5. The van der Waals surface area contributed by atoms with Gasteiger partial charge in [-0.15, -0.1) is 0 Å². The molecule has 38 heavy (non-hydrogen) atoms. The summed E-state index contributed by atoms with van der Waals surface area (Å²) >= 11 is 0. The van der Waals surface area contributed by atoms with Crippen LogP contribution in [0, 0.1) is 61.6 Å². The van der Waals surface area contributed by atoms with Crippen LogP contribution in [-0.4, -0.2) is 24.0 Å². The molecule has 3 saturated carbocycles. The van der Waals surface area contributed by atoms with Gasteiger partial charge in [-0.25, -0.2) is 0 Å². The topological polar surface area (TPSA) is 87.0 Å². The van der Waals surface area contributed by atoms with Gasteiger partial charge in [0.15, 0.2) is 11.6 Å². The maximum Gasteiger partial charge on any atom is 0.226 e. The number of nitriles is 1. The summed E-state index contributed by atoms with van der Waals surface area (Å²) in [5.74, 6) is 0.0635. The zero-order chi connectivity index (χ0) is 28.1. The fourth-order valence-electron chi connectivity index (χ4n) is 10.4. The molecular formula is C33H46N2O3. The monoisotopic (exact) mass is 518 g/mol. The van der Waals surface area contributed by atoms with Crippen LogP contribution in [0.15, 0.2) is 23.3 Å². The van der Waals surface area contributed by atoms with Crippen LogP contribution in [0.2, 0.25) is 0 Å². The molecule has 0 radical (unpaired) electrons. The summed E-state index contributed by atoms with van der Waals surface area (Å²) in [5, 5.41) is 13.0. The zero-order valence-corrected chi connectivity index (χ0v) is 24.7. The van der Waals surface area contributed by atoms with E-state index >= 15 is 0 Å². The van der Waals surface area contributed by atoms with Gasteiger partial charge < -0.3 is 5.32 Å². The molecule has 0 heterocycles. The predicted octanol–water partition coefficient (Wildman–Crippen LogP) is 6.34. The lowest BCUT2D eigenvalue weighted by Crippen LogP contribution is -2.66. The summed E-state index contributed by atoms with van der Waals surface area (Å²) in [6.45, 7) is 17.9. The van der Waals surface area contributed by atoms with Gasteiger partial charge in [-0.05, 0) is 86.0 Å². The number of Topliss-reactive ketones (excluding diaryl/α,β-unsaturated/α-hetero) is 1. The van der Waals surface area contributed by atoms with Crippen LogP contribution in [-0.2, 0) is 14.4 Å². The first-order chi connectivity index (χ1) is 17.5. The number of nitrogens with zero attached hydrogens (tertiary/aromatic N) is 1. The summed E-state index contributed by atoms with van der Waals surface area (Å²) in [4.78, 5) is 41.4. The van der Waals surface area contributed by atoms with Crippen LogP contribution < -0.4 is 5.32 Å². The van der Waals surface area contributed by atoms with E-state index in [0.29, 0.717) is 6.54 Å². The zero-order valence-electron chi connectivity index (χ0n) is 24.7. The minimum absolute atomic E-state index is 0.0128. The third-order valence-corrected chi connectivity index (χ3v) is 12.6. The second kappa shape index (κ2) is 8.15. The van der Waals surface area contributed by atoms with Gasteiger partial charge in [0.05, 0.1) is 11.0 Å². The highest BCUT2D eigenvalue weighted by molar-refractivity contribution is 6.04. The fourth-order valence-corrected chi connectivity index (χ4v) is 10.4. The van der Waals surface area contributed by atoms with E-state index < -0.39 is 16.2 Å². The largest absolute Gasteiger partial charge is 0.356 e. The van der Waals surface area contributed by atoms with Crippen LogP contribution in [0.25, 0.3) is 0 Å². The standard InChI is InChI=1S/C33H46N2O3/c1-9-35-27(38)33-14-12-28(2,3)18-21(33)25-22(36)16-24-30(6)17-20(19-34)26(37)29(4,5)23(30)10-11-31(24,7)32(25,8)13-15-33/h16-17,21,23,25H,9-15,18H2,1-8H3,(H,35,38)/t21?,23?,25-,30-,31+,32+,33-/m0/s1. The van der Waals surface area contributed by atoms with Gasteiger partial charge >= 0.3 is 0 Å². The number of allylic oxidation sites excluding steroid dienone is 4. The molecule has 5 aliphatic carbocycles. The van der Waals surface area contributed by atoms with Crippen molar-refractivity contribution in [1.82, 2.24) is 5.32 Å². The highest BCUT2D eigenvalue weighted by Gasteiger charge is 2.70. The Morgan fingerprint density at radius 2 is 1.68 bits per heavy atom. The lowest BCUT2D eigenvalue weighted by Gasteiger charge is -2.69. The van der Waals surface area contributed by atoms with Crippen LogP contribution in [0.1, 0.15) is 100 Å². The van der Waals surface area contributed by atoms with E-state index in [1.165, 1.54) is 0 Å². The first-order valence-corrected chi connectivity index (χ1v) is 14.8. The molecule has 5 rings (SSSR count). The Morgan fingerprint density at radius 3 is 2.32 bits per heavy atom. The summed E-state index contributed by atoms with van der Waals surface area (Å²) in [5.41, 5.74) is -0.788. The molecule has 1 amide bonds. The third kappa shape index (κ3) is 3.24. The molecule has 3 fully saturated rings. The Balaban J connectivity index is 1.69.